The van der Waals surface area contributed by atoms with Crippen molar-refractivity contribution in [1.29, 1.82) is 0 Å². The van der Waals surface area contributed by atoms with E-state index in [9.17, 15) is 14.0 Å². The van der Waals surface area contributed by atoms with Crippen LogP contribution in [0.3, 0.4) is 0 Å². The minimum Gasteiger partial charge on any atom is -0.457 e. The number of rotatable bonds is 4. The number of nitrogens with one attached hydrogen (secondary N) is 1. The van der Waals surface area contributed by atoms with Gasteiger partial charge in [-0.2, -0.15) is 0 Å². The number of urea groups is 1. The van der Waals surface area contributed by atoms with E-state index in [1.54, 1.807) is 24.3 Å². The summed E-state index contributed by atoms with van der Waals surface area (Å²) >= 11 is 0. The molecular weight excluding hydrogens is 299 g/mol. The van der Waals surface area contributed by atoms with Gasteiger partial charge in [-0.1, -0.05) is 19.1 Å². The van der Waals surface area contributed by atoms with Gasteiger partial charge in [-0.15, -0.1) is 0 Å². The molecule has 1 fully saturated rings. The third kappa shape index (κ3) is 3.01. The zero-order valence-electron chi connectivity index (χ0n) is 12.5. The molecule has 1 aromatic carbocycles. The summed E-state index contributed by atoms with van der Waals surface area (Å²) in [6.45, 7) is 2.26. The van der Waals surface area contributed by atoms with Crippen LogP contribution < -0.4 is 5.32 Å². The molecule has 5 nitrogen and oxygen atoms in total. The lowest BCUT2D eigenvalue weighted by atomic mass is 10.2. The maximum absolute atomic E-state index is 13.2. The highest BCUT2D eigenvalue weighted by Crippen LogP contribution is 2.24. The minimum atomic E-state index is -0.431. The largest absolute Gasteiger partial charge is 0.457 e. The van der Waals surface area contributed by atoms with E-state index in [-0.39, 0.29) is 17.4 Å². The van der Waals surface area contributed by atoms with E-state index < -0.39 is 6.03 Å². The molecule has 1 aromatic heterocycles. The molecule has 0 unspecified atom stereocenters. The number of imide groups is 1. The molecule has 1 aliphatic rings. The number of benzene rings is 1. The Morgan fingerprint density at radius 1 is 1.26 bits per heavy atom. The van der Waals surface area contributed by atoms with Crippen LogP contribution in [0.4, 0.5) is 9.18 Å². The van der Waals surface area contributed by atoms with Crippen molar-refractivity contribution in [3.63, 3.8) is 0 Å². The van der Waals surface area contributed by atoms with Crippen LogP contribution in [0, 0.1) is 5.82 Å². The molecule has 3 amide bonds. The van der Waals surface area contributed by atoms with Crippen molar-refractivity contribution in [3.05, 3.63) is 53.7 Å². The van der Waals surface area contributed by atoms with E-state index in [1.165, 1.54) is 18.2 Å². The maximum atomic E-state index is 13.2. The Balaban J connectivity index is 1.84. The van der Waals surface area contributed by atoms with Gasteiger partial charge >= 0.3 is 6.03 Å². The predicted molar refractivity (Wildman–Crippen MR) is 82.6 cm³/mol. The first-order valence-corrected chi connectivity index (χ1v) is 7.29. The topological polar surface area (TPSA) is 62.6 Å². The highest BCUT2D eigenvalue weighted by atomic mass is 19.1. The average Bonchev–Trinajstić information content (AvgIpc) is 3.09. The third-order valence-electron chi connectivity index (χ3n) is 3.43. The molecule has 2 aromatic rings. The molecule has 118 valence electrons. The molecule has 0 spiro atoms. The smallest absolute Gasteiger partial charge is 0.329 e. The normalized spacial score (nSPS) is 16.3. The monoisotopic (exact) mass is 314 g/mol. The van der Waals surface area contributed by atoms with Crippen LogP contribution in [-0.2, 0) is 4.79 Å². The second-order valence-corrected chi connectivity index (χ2v) is 5.16. The van der Waals surface area contributed by atoms with Crippen molar-refractivity contribution in [3.8, 4) is 11.3 Å². The van der Waals surface area contributed by atoms with Crippen molar-refractivity contribution >= 4 is 18.0 Å². The summed E-state index contributed by atoms with van der Waals surface area (Å²) in [5.74, 6) is 0.164. The van der Waals surface area contributed by atoms with Crippen LogP contribution in [0.25, 0.3) is 17.4 Å². The SMILES string of the molecule is CCCN1C(=O)NC(=Cc2ccc(-c3cccc(F)c3)o2)C1=O. The molecule has 3 rings (SSSR count). The Bertz CT molecular complexity index is 795. The molecule has 1 aliphatic heterocycles. The molecule has 1 N–H and O–H groups in total. The number of furan rings is 1. The van der Waals surface area contributed by atoms with Crippen LogP contribution in [-0.4, -0.2) is 23.4 Å². The fourth-order valence-corrected chi connectivity index (χ4v) is 2.37. The summed E-state index contributed by atoms with van der Waals surface area (Å²) in [4.78, 5) is 25.0. The van der Waals surface area contributed by atoms with Gasteiger partial charge in [0.15, 0.2) is 0 Å². The van der Waals surface area contributed by atoms with Gasteiger partial charge in [-0.3, -0.25) is 9.69 Å². The first kappa shape index (κ1) is 15.0. The van der Waals surface area contributed by atoms with Gasteiger partial charge in [0.2, 0.25) is 0 Å². The summed E-state index contributed by atoms with van der Waals surface area (Å²) in [6, 6.07) is 8.95. The lowest BCUT2D eigenvalue weighted by Crippen LogP contribution is -2.31. The first-order chi connectivity index (χ1) is 11.1. The zero-order chi connectivity index (χ0) is 16.4. The summed E-state index contributed by atoms with van der Waals surface area (Å²) in [5.41, 5.74) is 0.771. The maximum Gasteiger partial charge on any atom is 0.329 e. The molecule has 1 saturated heterocycles. The standard InChI is InChI=1S/C17H15FN2O3/c1-2-8-20-16(21)14(19-17(20)22)10-13-6-7-15(23-13)11-4-3-5-12(18)9-11/h3-7,9-10H,2,8H2,1H3,(H,19,22). The Labute approximate surface area is 132 Å². The van der Waals surface area contributed by atoms with Gasteiger partial charge in [0, 0.05) is 18.2 Å². The highest BCUT2D eigenvalue weighted by Gasteiger charge is 2.32. The van der Waals surface area contributed by atoms with Gasteiger partial charge in [-0.05, 0) is 30.7 Å². The number of halogens is 1. The Morgan fingerprint density at radius 2 is 2.09 bits per heavy atom. The number of carbonyl (C=O) groups excluding carboxylic acids is 2. The number of hydrogen-bond donors (Lipinski definition) is 1. The number of hydrogen-bond acceptors (Lipinski definition) is 3. The lowest BCUT2D eigenvalue weighted by Gasteiger charge is -2.08. The average molecular weight is 314 g/mol. The molecule has 0 atom stereocenters. The van der Waals surface area contributed by atoms with E-state index in [0.29, 0.717) is 30.0 Å². The van der Waals surface area contributed by atoms with Crippen LogP contribution in [0.1, 0.15) is 19.1 Å². The second kappa shape index (κ2) is 6.08. The number of carbonyl (C=O) groups is 2. The quantitative estimate of drug-likeness (QED) is 0.695. The number of nitrogens with zero attached hydrogens (tertiary/aromatic N) is 1. The van der Waals surface area contributed by atoms with Gasteiger partial charge in [0.1, 0.15) is 23.0 Å². The summed E-state index contributed by atoms with van der Waals surface area (Å²) in [7, 11) is 0. The van der Waals surface area contributed by atoms with Crippen LogP contribution in [0.15, 0.2) is 46.5 Å². The van der Waals surface area contributed by atoms with Crippen LogP contribution >= 0.6 is 0 Å². The number of amides is 3. The molecule has 0 saturated carbocycles. The summed E-state index contributed by atoms with van der Waals surface area (Å²) in [5, 5.41) is 2.52. The van der Waals surface area contributed by atoms with E-state index in [0.717, 1.165) is 4.90 Å². The van der Waals surface area contributed by atoms with Gasteiger partial charge in [-0.25, -0.2) is 9.18 Å². The Kier molecular flexibility index (Phi) is 3.97. The van der Waals surface area contributed by atoms with Crippen molar-refractivity contribution in [2.24, 2.45) is 0 Å². The second-order valence-electron chi connectivity index (χ2n) is 5.16. The minimum absolute atomic E-state index is 0.170. The van der Waals surface area contributed by atoms with E-state index >= 15 is 0 Å². The van der Waals surface area contributed by atoms with Gasteiger partial charge in [0.25, 0.3) is 5.91 Å². The lowest BCUT2D eigenvalue weighted by molar-refractivity contribution is -0.122. The van der Waals surface area contributed by atoms with Crippen molar-refractivity contribution < 1.29 is 18.4 Å². The fourth-order valence-electron chi connectivity index (χ4n) is 2.37. The van der Waals surface area contributed by atoms with E-state index in [2.05, 4.69) is 5.32 Å². The van der Waals surface area contributed by atoms with Crippen molar-refractivity contribution in [1.82, 2.24) is 10.2 Å². The summed E-state index contributed by atoms with van der Waals surface area (Å²) in [6.07, 6.45) is 2.16. The highest BCUT2D eigenvalue weighted by molar-refractivity contribution is 6.13. The molecule has 0 aliphatic carbocycles. The molecule has 23 heavy (non-hydrogen) atoms. The predicted octanol–water partition coefficient (Wildman–Crippen LogP) is 3.39. The van der Waals surface area contributed by atoms with E-state index in [4.69, 9.17) is 4.42 Å². The van der Waals surface area contributed by atoms with Crippen LogP contribution in [0.5, 0.6) is 0 Å². The summed E-state index contributed by atoms with van der Waals surface area (Å²) < 4.78 is 18.8. The van der Waals surface area contributed by atoms with E-state index in [1.807, 2.05) is 6.92 Å². The van der Waals surface area contributed by atoms with Gasteiger partial charge < -0.3 is 9.73 Å². The Hall–Kier alpha value is -2.89. The van der Waals surface area contributed by atoms with Gasteiger partial charge in [0.05, 0.1) is 0 Å². The van der Waals surface area contributed by atoms with Crippen molar-refractivity contribution in [2.75, 3.05) is 6.54 Å². The molecule has 0 bridgehead atoms. The molecular formula is C17H15FN2O3. The zero-order valence-corrected chi connectivity index (χ0v) is 12.5. The molecule has 0 radical (unpaired) electrons. The third-order valence-corrected chi connectivity index (χ3v) is 3.43. The van der Waals surface area contributed by atoms with Crippen molar-refractivity contribution in [2.45, 2.75) is 13.3 Å². The Morgan fingerprint density at radius 3 is 2.83 bits per heavy atom. The first-order valence-electron chi connectivity index (χ1n) is 7.29. The van der Waals surface area contributed by atoms with Crippen LogP contribution in [0.2, 0.25) is 0 Å². The molecule has 2 heterocycles. The molecule has 6 heteroatoms. The fraction of sp³-hybridized carbons (Fsp3) is 0.176.